The number of benzene rings is 3. The largest absolute Gasteiger partial charge is 0.504 e. The Morgan fingerprint density at radius 3 is 2.32 bits per heavy atom. The lowest BCUT2D eigenvalue weighted by Crippen LogP contribution is -2.37. The minimum Gasteiger partial charge on any atom is -0.504 e. The van der Waals surface area contributed by atoms with Crippen molar-refractivity contribution in [2.75, 3.05) is 0 Å². The number of fused-ring (bicyclic) bond motifs is 1. The van der Waals surface area contributed by atoms with E-state index in [-0.39, 0.29) is 50.1 Å². The highest BCUT2D eigenvalue weighted by Gasteiger charge is 2.25. The van der Waals surface area contributed by atoms with Gasteiger partial charge in [0.05, 0.1) is 12.0 Å². The number of phenolic OH excluding ortho intramolecular Hbond substituents is 3. The number of carbonyl (C=O) groups excluding carboxylic acids is 1. The highest BCUT2D eigenvalue weighted by molar-refractivity contribution is 7.87. The van der Waals surface area contributed by atoms with Crippen molar-refractivity contribution in [2.45, 2.75) is 11.3 Å². The van der Waals surface area contributed by atoms with E-state index in [4.69, 9.17) is 9.71 Å². The van der Waals surface area contributed by atoms with Crippen molar-refractivity contribution in [1.29, 1.82) is 0 Å². The van der Waals surface area contributed by atoms with Gasteiger partial charge in [-0.2, -0.15) is 13.2 Å². The second kappa shape index (κ2) is 8.39. The molecule has 0 atom stereocenters. The van der Waals surface area contributed by atoms with Crippen LogP contribution < -0.4 is 14.6 Å². The van der Waals surface area contributed by atoms with Crippen LogP contribution >= 0.6 is 0 Å². The summed E-state index contributed by atoms with van der Waals surface area (Å²) in [6, 6.07) is 11.4. The monoisotopic (exact) mass is 480 g/mol. The van der Waals surface area contributed by atoms with Gasteiger partial charge in [0.25, 0.3) is 0 Å². The first-order chi connectivity index (χ1) is 16.1. The van der Waals surface area contributed by atoms with E-state index in [0.29, 0.717) is 0 Å². The van der Waals surface area contributed by atoms with Crippen LogP contribution in [-0.4, -0.2) is 45.1 Å². The zero-order valence-corrected chi connectivity index (χ0v) is 18.0. The summed E-state index contributed by atoms with van der Waals surface area (Å²) < 4.78 is 31.0. The smallest absolute Gasteiger partial charge is 0.339 e. The van der Waals surface area contributed by atoms with E-state index in [1.54, 1.807) is 0 Å². The maximum atomic E-state index is 12.9. The molecule has 11 heteroatoms. The number of hydrogen-bond donors (Lipinski definition) is 4. The van der Waals surface area contributed by atoms with Crippen LogP contribution in [0.3, 0.4) is 0 Å². The molecular weight excluding hydrogens is 464 g/mol. The third-order valence-electron chi connectivity index (χ3n) is 5.18. The van der Waals surface area contributed by atoms with Crippen molar-refractivity contribution in [2.24, 2.45) is 0 Å². The van der Waals surface area contributed by atoms with Crippen molar-refractivity contribution in [3.05, 3.63) is 81.7 Å². The third-order valence-corrected chi connectivity index (χ3v) is 6.49. The number of aromatic hydroxyl groups is 3. The van der Waals surface area contributed by atoms with Gasteiger partial charge in [0.2, 0.25) is 11.5 Å². The highest BCUT2D eigenvalue weighted by Crippen LogP contribution is 2.38. The summed E-state index contributed by atoms with van der Waals surface area (Å²) in [6.07, 6.45) is 1.50. The van der Waals surface area contributed by atoms with Gasteiger partial charge in [-0.15, -0.1) is 0 Å². The van der Waals surface area contributed by atoms with E-state index in [1.807, 2.05) is 0 Å². The van der Waals surface area contributed by atoms with Crippen LogP contribution in [0.5, 0.6) is 23.0 Å². The van der Waals surface area contributed by atoms with Crippen molar-refractivity contribution in [3.63, 3.8) is 0 Å². The molecule has 0 aliphatic heterocycles. The van der Waals surface area contributed by atoms with Crippen molar-refractivity contribution in [1.82, 2.24) is 0 Å². The highest BCUT2D eigenvalue weighted by atomic mass is 32.2. The van der Waals surface area contributed by atoms with Crippen LogP contribution in [0.4, 0.5) is 0 Å². The van der Waals surface area contributed by atoms with Crippen molar-refractivity contribution in [3.8, 4) is 23.0 Å². The molecule has 0 saturated heterocycles. The lowest BCUT2D eigenvalue weighted by molar-refractivity contribution is -0.00634. The summed E-state index contributed by atoms with van der Waals surface area (Å²) in [5.74, 6) is -3.33. The third kappa shape index (κ3) is 3.85. The van der Waals surface area contributed by atoms with Gasteiger partial charge < -0.3 is 30.1 Å². The van der Waals surface area contributed by atoms with E-state index in [9.17, 15) is 33.6 Å². The first-order valence-electron chi connectivity index (χ1n) is 9.71. The molecular formula is C23H16N2O8S. The van der Waals surface area contributed by atoms with E-state index in [0.717, 1.165) is 12.1 Å². The van der Waals surface area contributed by atoms with Gasteiger partial charge in [0.15, 0.2) is 17.3 Å². The molecule has 0 radical (unpaired) electrons. The lowest BCUT2D eigenvalue weighted by Gasteiger charge is -2.11. The molecule has 10 nitrogen and oxygen atoms in total. The summed E-state index contributed by atoms with van der Waals surface area (Å²) >= 11 is 0. The number of nitrogens with zero attached hydrogens (tertiary/aromatic N) is 2. The van der Waals surface area contributed by atoms with E-state index in [2.05, 4.69) is 4.79 Å². The molecule has 172 valence electrons. The Balaban J connectivity index is 1.65. The standard InChI is InChI=1S/C23H16N2O8S/c24-25-17-10-8-14-15(21(17)28)2-1-3-19(14)34(31,32)33-13-6-4-12(5-7-13)20(27)16-9-11-18(26)23(30)22(16)29/h1-9,11,26,28-30H,10H2. The number of aliphatic hydroxyl groups is 1. The molecule has 0 unspecified atom stereocenters. The molecule has 0 spiro atoms. The minimum atomic E-state index is -4.35. The van der Waals surface area contributed by atoms with Gasteiger partial charge in [-0.1, -0.05) is 18.2 Å². The predicted molar refractivity (Wildman–Crippen MR) is 119 cm³/mol. The maximum Gasteiger partial charge on any atom is 0.339 e. The molecule has 3 aromatic rings. The molecule has 0 aromatic heterocycles. The molecule has 34 heavy (non-hydrogen) atoms. The average Bonchev–Trinajstić information content (AvgIpc) is 2.82. The number of aliphatic hydroxyl groups excluding tert-OH is 1. The first kappa shape index (κ1) is 22.6. The maximum absolute atomic E-state index is 12.9. The molecule has 4 N–H and O–H groups in total. The fraction of sp³-hybridized carbons (Fsp3) is 0.0435. The normalized spacial score (nSPS) is 12.9. The number of phenols is 3. The van der Waals surface area contributed by atoms with E-state index < -0.39 is 33.1 Å². The van der Waals surface area contributed by atoms with Crippen LogP contribution in [-0.2, 0) is 10.1 Å². The summed E-state index contributed by atoms with van der Waals surface area (Å²) in [5.41, 5.74) is 8.77. The summed E-state index contributed by atoms with van der Waals surface area (Å²) in [4.78, 5) is 15.4. The number of ketones is 1. The van der Waals surface area contributed by atoms with Gasteiger partial charge in [-0.05, 0) is 42.5 Å². The van der Waals surface area contributed by atoms with E-state index in [1.165, 1.54) is 48.5 Å². The van der Waals surface area contributed by atoms with Gasteiger partial charge in [-0.25, -0.2) is 0 Å². The Hall–Kier alpha value is -4.60. The molecule has 1 aliphatic rings. The van der Waals surface area contributed by atoms with Crippen LogP contribution in [0.2, 0.25) is 0 Å². The Labute approximate surface area is 192 Å². The quantitative estimate of drug-likeness (QED) is 0.139. The van der Waals surface area contributed by atoms with Crippen LogP contribution in [0.15, 0.2) is 59.5 Å². The topological polar surface area (TPSA) is 178 Å². The zero-order valence-electron chi connectivity index (χ0n) is 17.2. The van der Waals surface area contributed by atoms with Crippen LogP contribution in [0, 0.1) is 0 Å². The molecule has 0 amide bonds. The fourth-order valence-electron chi connectivity index (χ4n) is 3.46. The molecule has 3 aromatic carbocycles. The summed E-state index contributed by atoms with van der Waals surface area (Å²) in [6.45, 7) is 0. The SMILES string of the molecule is [N-]=[N+]=C1CC=c2c(S(=O)(=O)Oc3ccc(C(=O)c4ccc(O)c(O)c4O)cc3)cccc2=C1O. The molecule has 0 fully saturated rings. The zero-order chi connectivity index (χ0) is 24.6. The Kier molecular flexibility index (Phi) is 5.58. The Bertz CT molecular complexity index is 1620. The molecule has 1 aliphatic carbocycles. The number of rotatable bonds is 5. The van der Waals surface area contributed by atoms with Crippen LogP contribution in [0.25, 0.3) is 17.4 Å². The second-order valence-corrected chi connectivity index (χ2v) is 8.76. The number of hydrogen-bond acceptors (Lipinski definition) is 8. The first-order valence-corrected chi connectivity index (χ1v) is 11.1. The van der Waals surface area contributed by atoms with Gasteiger partial charge in [0.1, 0.15) is 10.6 Å². The molecule has 0 saturated carbocycles. The molecule has 4 rings (SSSR count). The van der Waals surface area contributed by atoms with Crippen molar-refractivity contribution < 1.29 is 42.6 Å². The second-order valence-electron chi connectivity index (χ2n) is 7.24. The lowest BCUT2D eigenvalue weighted by atomic mass is 10.0. The molecule has 0 bridgehead atoms. The van der Waals surface area contributed by atoms with E-state index >= 15 is 0 Å². The van der Waals surface area contributed by atoms with Crippen molar-refractivity contribution >= 4 is 33.4 Å². The minimum absolute atomic E-state index is 0.00351. The fourth-order valence-corrected chi connectivity index (χ4v) is 4.62. The van der Waals surface area contributed by atoms with Crippen LogP contribution in [0.1, 0.15) is 22.3 Å². The van der Waals surface area contributed by atoms with Gasteiger partial charge in [0, 0.05) is 16.0 Å². The number of carbonyl (C=O) groups is 1. The predicted octanol–water partition coefficient (Wildman–Crippen LogP) is 1.32. The van der Waals surface area contributed by atoms with Gasteiger partial charge in [-0.3, -0.25) is 4.79 Å². The Morgan fingerprint density at radius 1 is 0.941 bits per heavy atom. The summed E-state index contributed by atoms with van der Waals surface area (Å²) in [7, 11) is -4.35. The Morgan fingerprint density at radius 2 is 1.65 bits per heavy atom. The van der Waals surface area contributed by atoms with Gasteiger partial charge >= 0.3 is 15.8 Å². The summed E-state index contributed by atoms with van der Waals surface area (Å²) in [5, 5.41) is 39.5. The molecule has 0 heterocycles. The average molecular weight is 480 g/mol.